The van der Waals surface area contributed by atoms with Crippen molar-refractivity contribution >= 4 is 0 Å². The Labute approximate surface area is 68.4 Å². The summed E-state index contributed by atoms with van der Waals surface area (Å²) in [6.45, 7) is 4.69. The van der Waals surface area contributed by atoms with Crippen LogP contribution in [-0.2, 0) is 0 Å². The van der Waals surface area contributed by atoms with Crippen molar-refractivity contribution in [3.8, 4) is 0 Å². The molecule has 3 nitrogen and oxygen atoms in total. The maximum atomic E-state index is 8.91. The van der Waals surface area contributed by atoms with Gasteiger partial charge >= 0.3 is 0 Å². The predicted octanol–water partition coefficient (Wildman–Crippen LogP) is 0.118. The first-order chi connectivity index (χ1) is 5.16. The third kappa shape index (κ3) is 7.78. The second-order valence-corrected chi connectivity index (χ2v) is 3.02. The first-order valence-electron chi connectivity index (χ1n) is 4.19. The van der Waals surface area contributed by atoms with E-state index in [9.17, 15) is 0 Å². The van der Waals surface area contributed by atoms with Gasteiger partial charge in [0.05, 0.1) is 6.10 Å². The van der Waals surface area contributed by atoms with Crippen LogP contribution in [0.4, 0.5) is 0 Å². The Balaban J connectivity index is 3.15. The van der Waals surface area contributed by atoms with E-state index >= 15 is 0 Å². The van der Waals surface area contributed by atoms with Crippen LogP contribution in [0.1, 0.15) is 26.7 Å². The molecule has 0 amide bonds. The standard InChI is InChI=1S/C8H19NO2/c1-7(4-3-5-10)9-6-8(2)11/h7-11H,3-6H2,1-2H3. The summed E-state index contributed by atoms with van der Waals surface area (Å²) in [6, 6.07) is 0.386. The minimum atomic E-state index is -0.286. The fourth-order valence-electron chi connectivity index (χ4n) is 0.871. The Bertz CT molecular complexity index is 86.2. The van der Waals surface area contributed by atoms with Gasteiger partial charge in [0.25, 0.3) is 0 Å². The van der Waals surface area contributed by atoms with E-state index in [0.717, 1.165) is 12.8 Å². The van der Waals surface area contributed by atoms with Gasteiger partial charge in [0.2, 0.25) is 0 Å². The van der Waals surface area contributed by atoms with Crippen LogP contribution in [0.15, 0.2) is 0 Å². The molecule has 3 N–H and O–H groups in total. The predicted molar refractivity (Wildman–Crippen MR) is 45.5 cm³/mol. The fourth-order valence-corrected chi connectivity index (χ4v) is 0.871. The second kappa shape index (κ2) is 6.58. The maximum absolute atomic E-state index is 8.91. The minimum Gasteiger partial charge on any atom is -0.396 e. The monoisotopic (exact) mass is 161 g/mol. The van der Waals surface area contributed by atoms with E-state index in [2.05, 4.69) is 12.2 Å². The SMILES string of the molecule is CC(O)CNC(C)CCCO. The highest BCUT2D eigenvalue weighted by molar-refractivity contribution is 4.62. The van der Waals surface area contributed by atoms with E-state index in [-0.39, 0.29) is 12.7 Å². The van der Waals surface area contributed by atoms with E-state index in [1.807, 2.05) is 0 Å². The van der Waals surface area contributed by atoms with Crippen LogP contribution in [0.25, 0.3) is 0 Å². The minimum absolute atomic E-state index is 0.251. The van der Waals surface area contributed by atoms with Crippen LogP contribution in [0.5, 0.6) is 0 Å². The van der Waals surface area contributed by atoms with Gasteiger partial charge in [-0.15, -0.1) is 0 Å². The van der Waals surface area contributed by atoms with Crippen molar-refractivity contribution in [2.75, 3.05) is 13.2 Å². The van der Waals surface area contributed by atoms with Crippen LogP contribution >= 0.6 is 0 Å². The van der Waals surface area contributed by atoms with Gasteiger partial charge < -0.3 is 15.5 Å². The Kier molecular flexibility index (Phi) is 6.51. The summed E-state index contributed by atoms with van der Waals surface area (Å²) in [7, 11) is 0. The Morgan fingerprint density at radius 3 is 2.45 bits per heavy atom. The summed E-state index contributed by atoms with van der Waals surface area (Å²) in [5.74, 6) is 0. The van der Waals surface area contributed by atoms with E-state index in [1.54, 1.807) is 6.92 Å². The molecule has 2 unspecified atom stereocenters. The molecule has 0 fully saturated rings. The average molecular weight is 161 g/mol. The van der Waals surface area contributed by atoms with Crippen molar-refractivity contribution < 1.29 is 10.2 Å². The van der Waals surface area contributed by atoms with Gasteiger partial charge in [-0.05, 0) is 26.7 Å². The smallest absolute Gasteiger partial charge is 0.0636 e. The molecule has 68 valence electrons. The molecule has 0 aliphatic heterocycles. The molecule has 2 atom stereocenters. The fraction of sp³-hybridized carbons (Fsp3) is 1.00. The lowest BCUT2D eigenvalue weighted by molar-refractivity contribution is 0.185. The number of aliphatic hydroxyl groups is 2. The van der Waals surface area contributed by atoms with Gasteiger partial charge in [-0.25, -0.2) is 0 Å². The normalized spacial score (nSPS) is 16.4. The summed E-state index contributed by atoms with van der Waals surface area (Å²) in [4.78, 5) is 0. The van der Waals surface area contributed by atoms with Crippen molar-refractivity contribution in [1.29, 1.82) is 0 Å². The van der Waals surface area contributed by atoms with Crippen molar-refractivity contribution in [3.63, 3.8) is 0 Å². The Morgan fingerprint density at radius 2 is 2.00 bits per heavy atom. The molecule has 0 aliphatic carbocycles. The average Bonchev–Trinajstić information content (AvgIpc) is 1.97. The lowest BCUT2D eigenvalue weighted by atomic mass is 10.2. The molecule has 0 heterocycles. The maximum Gasteiger partial charge on any atom is 0.0636 e. The number of aliphatic hydroxyl groups excluding tert-OH is 2. The van der Waals surface area contributed by atoms with Crippen LogP contribution in [0, 0.1) is 0 Å². The quantitative estimate of drug-likeness (QED) is 0.518. The highest BCUT2D eigenvalue weighted by Crippen LogP contribution is 1.94. The molecule has 0 aromatic carbocycles. The highest BCUT2D eigenvalue weighted by Gasteiger charge is 2.01. The zero-order valence-electron chi connectivity index (χ0n) is 7.38. The molecule has 11 heavy (non-hydrogen) atoms. The van der Waals surface area contributed by atoms with Gasteiger partial charge in [-0.2, -0.15) is 0 Å². The summed E-state index contributed by atoms with van der Waals surface area (Å²) >= 11 is 0. The second-order valence-electron chi connectivity index (χ2n) is 3.02. The van der Waals surface area contributed by atoms with E-state index in [1.165, 1.54) is 0 Å². The Hall–Kier alpha value is -0.120. The first-order valence-corrected chi connectivity index (χ1v) is 4.19. The molecule has 0 rings (SSSR count). The van der Waals surface area contributed by atoms with Crippen LogP contribution in [-0.4, -0.2) is 35.5 Å². The van der Waals surface area contributed by atoms with Crippen molar-refractivity contribution in [2.24, 2.45) is 0 Å². The van der Waals surface area contributed by atoms with Crippen LogP contribution < -0.4 is 5.32 Å². The molecule has 3 heteroatoms. The molecular weight excluding hydrogens is 142 g/mol. The summed E-state index contributed by atoms with van der Waals surface area (Å²) in [5, 5.41) is 20.6. The lowest BCUT2D eigenvalue weighted by Gasteiger charge is -2.13. The molecular formula is C8H19NO2. The molecule has 0 saturated heterocycles. The van der Waals surface area contributed by atoms with Gasteiger partial charge in [0.15, 0.2) is 0 Å². The van der Waals surface area contributed by atoms with Crippen LogP contribution in [0.3, 0.4) is 0 Å². The highest BCUT2D eigenvalue weighted by atomic mass is 16.3. The van der Waals surface area contributed by atoms with Gasteiger partial charge in [-0.1, -0.05) is 0 Å². The molecule has 0 saturated carbocycles. The van der Waals surface area contributed by atoms with E-state index in [4.69, 9.17) is 10.2 Å². The van der Waals surface area contributed by atoms with Gasteiger partial charge in [-0.3, -0.25) is 0 Å². The van der Waals surface area contributed by atoms with Gasteiger partial charge in [0, 0.05) is 19.2 Å². The first kappa shape index (κ1) is 10.9. The number of nitrogens with one attached hydrogen (secondary N) is 1. The molecule has 0 aliphatic rings. The zero-order chi connectivity index (χ0) is 8.69. The molecule has 0 radical (unpaired) electrons. The molecule has 0 bridgehead atoms. The largest absolute Gasteiger partial charge is 0.396 e. The van der Waals surface area contributed by atoms with Crippen molar-refractivity contribution in [2.45, 2.75) is 38.8 Å². The van der Waals surface area contributed by atoms with E-state index < -0.39 is 0 Å². The molecule has 0 spiro atoms. The molecule has 0 aromatic rings. The summed E-state index contributed by atoms with van der Waals surface area (Å²) in [6.07, 6.45) is 1.50. The number of hydrogen-bond donors (Lipinski definition) is 3. The number of hydrogen-bond acceptors (Lipinski definition) is 3. The lowest BCUT2D eigenvalue weighted by Crippen LogP contribution is -2.32. The Morgan fingerprint density at radius 1 is 1.36 bits per heavy atom. The topological polar surface area (TPSA) is 52.5 Å². The summed E-state index contributed by atoms with van der Waals surface area (Å²) in [5.41, 5.74) is 0. The van der Waals surface area contributed by atoms with Crippen molar-refractivity contribution in [3.05, 3.63) is 0 Å². The zero-order valence-corrected chi connectivity index (χ0v) is 7.38. The molecule has 0 aromatic heterocycles. The number of rotatable bonds is 6. The van der Waals surface area contributed by atoms with E-state index in [0.29, 0.717) is 12.6 Å². The third-order valence-electron chi connectivity index (χ3n) is 1.56. The third-order valence-corrected chi connectivity index (χ3v) is 1.56. The summed E-state index contributed by atoms with van der Waals surface area (Å²) < 4.78 is 0. The van der Waals surface area contributed by atoms with Crippen LogP contribution in [0.2, 0.25) is 0 Å². The van der Waals surface area contributed by atoms with Crippen molar-refractivity contribution in [1.82, 2.24) is 5.32 Å². The van der Waals surface area contributed by atoms with Gasteiger partial charge in [0.1, 0.15) is 0 Å².